The second-order valence-electron chi connectivity index (χ2n) is 4.24. The number of benzene rings is 1. The molecule has 0 amide bonds. The van der Waals surface area contributed by atoms with E-state index in [1.54, 1.807) is 17.8 Å². The molecule has 0 atom stereocenters. The Morgan fingerprint density at radius 3 is 2.76 bits per heavy atom. The van der Waals surface area contributed by atoms with Gasteiger partial charge in [-0.05, 0) is 30.2 Å². The number of esters is 1. The van der Waals surface area contributed by atoms with E-state index < -0.39 is 0 Å². The van der Waals surface area contributed by atoms with Gasteiger partial charge < -0.3 is 10.5 Å². The number of thioether (sulfide) groups is 1. The monoisotopic (exact) mass is 253 g/mol. The summed E-state index contributed by atoms with van der Waals surface area (Å²) in [5.41, 5.74) is 6.92. The predicted molar refractivity (Wildman–Crippen MR) is 72.4 cm³/mol. The van der Waals surface area contributed by atoms with Gasteiger partial charge in [-0.3, -0.25) is 0 Å². The average molecular weight is 253 g/mol. The summed E-state index contributed by atoms with van der Waals surface area (Å²) >= 11 is 1.68. The molecule has 4 heteroatoms. The average Bonchev–Trinajstić information content (AvgIpc) is 2.30. The number of nitrogens with two attached hydrogens (primary N) is 1. The first-order valence-corrected chi connectivity index (χ1v) is 6.64. The molecule has 0 saturated heterocycles. The lowest BCUT2D eigenvalue weighted by Gasteiger charge is -2.10. The van der Waals surface area contributed by atoms with E-state index in [0.29, 0.717) is 17.2 Å². The molecule has 0 heterocycles. The molecular weight excluding hydrogens is 234 g/mol. The fraction of sp³-hybridized carbons (Fsp3) is 0.462. The first kappa shape index (κ1) is 13.9. The molecule has 0 fully saturated rings. The molecule has 0 bridgehead atoms. The number of nitrogen functional groups attached to an aromatic ring is 1. The van der Waals surface area contributed by atoms with Gasteiger partial charge in [-0.2, -0.15) is 0 Å². The lowest BCUT2D eigenvalue weighted by Crippen LogP contribution is -2.06. The maximum Gasteiger partial charge on any atom is 0.339 e. The van der Waals surface area contributed by atoms with E-state index in [2.05, 4.69) is 18.6 Å². The molecule has 1 aromatic rings. The van der Waals surface area contributed by atoms with Crippen molar-refractivity contribution in [3.05, 3.63) is 23.8 Å². The van der Waals surface area contributed by atoms with Crippen molar-refractivity contribution in [1.82, 2.24) is 0 Å². The van der Waals surface area contributed by atoms with Crippen LogP contribution in [0.4, 0.5) is 5.69 Å². The van der Waals surface area contributed by atoms with E-state index in [4.69, 9.17) is 5.73 Å². The van der Waals surface area contributed by atoms with Crippen LogP contribution < -0.4 is 5.73 Å². The third kappa shape index (κ3) is 3.97. The van der Waals surface area contributed by atoms with Crippen LogP contribution in [0.25, 0.3) is 0 Å². The van der Waals surface area contributed by atoms with Crippen molar-refractivity contribution in [1.29, 1.82) is 0 Å². The molecule has 94 valence electrons. The van der Waals surface area contributed by atoms with Crippen molar-refractivity contribution >= 4 is 23.4 Å². The lowest BCUT2D eigenvalue weighted by atomic mass is 10.2. The largest absolute Gasteiger partial charge is 0.465 e. The summed E-state index contributed by atoms with van der Waals surface area (Å²) in [7, 11) is 1.36. The zero-order chi connectivity index (χ0) is 12.8. The summed E-state index contributed by atoms with van der Waals surface area (Å²) in [6.45, 7) is 4.38. The normalized spacial score (nSPS) is 10.6. The highest BCUT2D eigenvalue weighted by Gasteiger charge is 2.12. The van der Waals surface area contributed by atoms with Gasteiger partial charge in [0.2, 0.25) is 0 Å². The zero-order valence-corrected chi connectivity index (χ0v) is 11.3. The van der Waals surface area contributed by atoms with Crippen LogP contribution in [-0.2, 0) is 4.74 Å². The topological polar surface area (TPSA) is 52.3 Å². The van der Waals surface area contributed by atoms with Gasteiger partial charge in [0.1, 0.15) is 0 Å². The number of carbonyl (C=O) groups excluding carboxylic acids is 1. The highest BCUT2D eigenvalue weighted by atomic mass is 32.2. The van der Waals surface area contributed by atoms with Gasteiger partial charge in [0.15, 0.2) is 0 Å². The van der Waals surface area contributed by atoms with E-state index in [-0.39, 0.29) is 5.97 Å². The Morgan fingerprint density at radius 2 is 2.18 bits per heavy atom. The number of ether oxygens (including phenoxy) is 1. The zero-order valence-electron chi connectivity index (χ0n) is 10.5. The summed E-state index contributed by atoms with van der Waals surface area (Å²) in [4.78, 5) is 12.4. The molecule has 1 aromatic carbocycles. The minimum atomic E-state index is -0.381. The second-order valence-corrected chi connectivity index (χ2v) is 5.38. The summed E-state index contributed by atoms with van der Waals surface area (Å²) in [6.07, 6.45) is 1.13. The molecule has 0 aliphatic heterocycles. The Balaban J connectivity index is 2.76. The van der Waals surface area contributed by atoms with Crippen molar-refractivity contribution in [3.8, 4) is 0 Å². The molecule has 0 aliphatic rings. The summed E-state index contributed by atoms with van der Waals surface area (Å²) < 4.78 is 4.69. The smallest absolute Gasteiger partial charge is 0.339 e. The molecule has 0 saturated carbocycles. The van der Waals surface area contributed by atoms with Crippen molar-refractivity contribution in [2.24, 2.45) is 5.92 Å². The van der Waals surface area contributed by atoms with Gasteiger partial charge in [-0.1, -0.05) is 19.9 Å². The maximum atomic E-state index is 11.5. The molecule has 0 spiro atoms. The third-order valence-electron chi connectivity index (χ3n) is 2.42. The molecular formula is C13H19NO2S. The SMILES string of the molecule is COC(=O)c1cccc(SCCC(C)C)c1N. The molecule has 3 nitrogen and oxygen atoms in total. The van der Waals surface area contributed by atoms with Gasteiger partial charge in [0, 0.05) is 4.90 Å². The minimum Gasteiger partial charge on any atom is -0.465 e. The Hall–Kier alpha value is -1.16. The first-order valence-electron chi connectivity index (χ1n) is 5.65. The van der Waals surface area contributed by atoms with Gasteiger partial charge in [-0.25, -0.2) is 4.79 Å². The fourth-order valence-electron chi connectivity index (χ4n) is 1.36. The second kappa shape index (κ2) is 6.55. The highest BCUT2D eigenvalue weighted by molar-refractivity contribution is 7.99. The minimum absolute atomic E-state index is 0.381. The van der Waals surface area contributed by atoms with E-state index in [0.717, 1.165) is 17.1 Å². The van der Waals surface area contributed by atoms with Crippen LogP contribution in [0.15, 0.2) is 23.1 Å². The van der Waals surface area contributed by atoms with Crippen LogP contribution in [0, 0.1) is 5.92 Å². The molecule has 0 aromatic heterocycles. The molecule has 0 radical (unpaired) electrons. The van der Waals surface area contributed by atoms with Crippen molar-refractivity contribution < 1.29 is 9.53 Å². The van der Waals surface area contributed by atoms with E-state index in [9.17, 15) is 4.79 Å². The number of hydrogen-bond acceptors (Lipinski definition) is 4. The van der Waals surface area contributed by atoms with Crippen LogP contribution >= 0.6 is 11.8 Å². The Labute approximate surface area is 107 Å². The molecule has 2 N–H and O–H groups in total. The molecule has 1 rings (SSSR count). The van der Waals surface area contributed by atoms with Gasteiger partial charge in [0.05, 0.1) is 18.4 Å². The standard InChI is InChI=1S/C13H19NO2S/c1-9(2)7-8-17-11-6-4-5-10(12(11)14)13(15)16-3/h4-6,9H,7-8,14H2,1-3H3. The van der Waals surface area contributed by atoms with Crippen LogP contribution in [0.2, 0.25) is 0 Å². The summed E-state index contributed by atoms with van der Waals surface area (Å²) in [5, 5.41) is 0. The number of para-hydroxylation sites is 1. The van der Waals surface area contributed by atoms with E-state index in [1.165, 1.54) is 7.11 Å². The number of anilines is 1. The Morgan fingerprint density at radius 1 is 1.47 bits per heavy atom. The van der Waals surface area contributed by atoms with E-state index in [1.807, 2.05) is 12.1 Å². The molecule has 0 aliphatic carbocycles. The van der Waals surface area contributed by atoms with Crippen molar-refractivity contribution in [2.75, 3.05) is 18.6 Å². The van der Waals surface area contributed by atoms with Crippen LogP contribution in [0.1, 0.15) is 30.6 Å². The highest BCUT2D eigenvalue weighted by Crippen LogP contribution is 2.29. The first-order chi connectivity index (χ1) is 8.06. The van der Waals surface area contributed by atoms with Crippen molar-refractivity contribution in [2.45, 2.75) is 25.2 Å². The Bertz CT molecular complexity index is 391. The van der Waals surface area contributed by atoms with Gasteiger partial charge >= 0.3 is 5.97 Å². The third-order valence-corrected chi connectivity index (χ3v) is 3.53. The summed E-state index contributed by atoms with van der Waals surface area (Å²) in [5.74, 6) is 1.30. The lowest BCUT2D eigenvalue weighted by molar-refractivity contribution is 0.0601. The number of rotatable bonds is 5. The predicted octanol–water partition coefficient (Wildman–Crippen LogP) is 3.19. The van der Waals surface area contributed by atoms with Gasteiger partial charge in [0.25, 0.3) is 0 Å². The van der Waals surface area contributed by atoms with Crippen LogP contribution in [0.3, 0.4) is 0 Å². The number of hydrogen-bond donors (Lipinski definition) is 1. The van der Waals surface area contributed by atoms with Crippen molar-refractivity contribution in [3.63, 3.8) is 0 Å². The Kier molecular flexibility index (Phi) is 5.35. The van der Waals surface area contributed by atoms with Gasteiger partial charge in [-0.15, -0.1) is 11.8 Å². The van der Waals surface area contributed by atoms with E-state index >= 15 is 0 Å². The van der Waals surface area contributed by atoms with Crippen LogP contribution in [0.5, 0.6) is 0 Å². The molecule has 0 unspecified atom stereocenters. The van der Waals surface area contributed by atoms with Crippen LogP contribution in [-0.4, -0.2) is 18.8 Å². The number of carbonyl (C=O) groups is 1. The maximum absolute atomic E-state index is 11.5. The fourth-order valence-corrected chi connectivity index (χ4v) is 2.61. The molecule has 17 heavy (non-hydrogen) atoms. The quantitative estimate of drug-likeness (QED) is 0.497. The summed E-state index contributed by atoms with van der Waals surface area (Å²) in [6, 6.07) is 5.46. The number of methoxy groups -OCH3 is 1.